The fourth-order valence-electron chi connectivity index (χ4n) is 8.14. The van der Waals surface area contributed by atoms with Crippen molar-refractivity contribution in [2.45, 2.75) is 140 Å². The summed E-state index contributed by atoms with van der Waals surface area (Å²) in [5.74, 6) is -0.156. The number of allylic oxidation sites excluding steroid dienone is 4. The second kappa shape index (κ2) is 13.2. The van der Waals surface area contributed by atoms with Gasteiger partial charge < -0.3 is 40.1 Å². The summed E-state index contributed by atoms with van der Waals surface area (Å²) in [7, 11) is 0. The van der Waals surface area contributed by atoms with Gasteiger partial charge in [-0.2, -0.15) is 0 Å². The molecule has 238 valence electrons. The summed E-state index contributed by atoms with van der Waals surface area (Å²) in [5, 5.41) is 61.1. The van der Waals surface area contributed by atoms with E-state index >= 15 is 0 Å². The van der Waals surface area contributed by atoms with Crippen LogP contribution in [-0.2, 0) is 14.3 Å². The number of aliphatic carboxylic acids is 1. The van der Waals surface area contributed by atoms with E-state index in [0.717, 1.165) is 62.5 Å². The SMILES string of the molecule is C=C1CC[C@@H](O)C/C1=C/C=C1\CCC[C@]2(C)[C@@H]([C@H](C)CC[C@@H](O[C@@H]3O[C@H](C(=O)O)[C@@H](O)[C@H](O)[C@H]3O)C(C)(C)O)CC[C@@H]12. The third-order valence-electron chi connectivity index (χ3n) is 10.7. The Labute approximate surface area is 249 Å². The van der Waals surface area contributed by atoms with Gasteiger partial charge in [0.25, 0.3) is 0 Å². The Morgan fingerprint density at radius 3 is 2.48 bits per heavy atom. The Morgan fingerprint density at radius 1 is 1.10 bits per heavy atom. The minimum atomic E-state index is -1.80. The summed E-state index contributed by atoms with van der Waals surface area (Å²) in [6.45, 7) is 12.1. The van der Waals surface area contributed by atoms with Crippen LogP contribution in [0.3, 0.4) is 0 Å². The highest BCUT2D eigenvalue weighted by Gasteiger charge is 2.51. The summed E-state index contributed by atoms with van der Waals surface area (Å²) in [5.41, 5.74) is 2.63. The lowest BCUT2D eigenvalue weighted by Crippen LogP contribution is -2.61. The van der Waals surface area contributed by atoms with Gasteiger partial charge in [-0.25, -0.2) is 4.79 Å². The molecule has 3 saturated carbocycles. The Morgan fingerprint density at radius 2 is 1.81 bits per heavy atom. The number of rotatable bonds is 9. The normalized spacial score (nSPS) is 41.1. The van der Waals surface area contributed by atoms with Crippen LogP contribution in [0.15, 0.2) is 35.5 Å². The van der Waals surface area contributed by atoms with Gasteiger partial charge in [-0.05, 0) is 107 Å². The highest BCUT2D eigenvalue weighted by molar-refractivity contribution is 5.73. The van der Waals surface area contributed by atoms with Crippen LogP contribution in [0.4, 0.5) is 0 Å². The number of carboxylic acid groups (broad SMARTS) is 1. The van der Waals surface area contributed by atoms with Crippen LogP contribution in [0, 0.1) is 23.2 Å². The van der Waals surface area contributed by atoms with Crippen LogP contribution in [0.25, 0.3) is 0 Å². The molecule has 0 unspecified atom stereocenters. The molecule has 4 aliphatic rings. The molecule has 3 aliphatic carbocycles. The van der Waals surface area contributed by atoms with Gasteiger partial charge in [-0.15, -0.1) is 0 Å². The van der Waals surface area contributed by atoms with Crippen molar-refractivity contribution in [3.63, 3.8) is 0 Å². The van der Waals surface area contributed by atoms with Gasteiger partial charge in [0.2, 0.25) is 0 Å². The van der Waals surface area contributed by atoms with Crippen molar-refractivity contribution in [1.82, 2.24) is 0 Å². The Balaban J connectivity index is 1.42. The average molecular weight is 593 g/mol. The van der Waals surface area contributed by atoms with Gasteiger partial charge in [0.05, 0.1) is 17.8 Å². The molecule has 0 amide bonds. The molecular weight excluding hydrogens is 540 g/mol. The van der Waals surface area contributed by atoms with Crippen molar-refractivity contribution in [3.8, 4) is 0 Å². The first-order chi connectivity index (χ1) is 19.6. The summed E-state index contributed by atoms with van der Waals surface area (Å²) in [4.78, 5) is 11.5. The molecule has 0 aromatic carbocycles. The van der Waals surface area contributed by atoms with E-state index in [1.54, 1.807) is 13.8 Å². The number of hydrogen-bond donors (Lipinski definition) is 6. The fraction of sp³-hybridized carbons (Fsp3) is 0.788. The van der Waals surface area contributed by atoms with Crippen LogP contribution in [0.2, 0.25) is 0 Å². The predicted molar refractivity (Wildman–Crippen MR) is 157 cm³/mol. The third-order valence-corrected chi connectivity index (χ3v) is 10.7. The molecule has 4 fully saturated rings. The van der Waals surface area contributed by atoms with E-state index in [2.05, 4.69) is 32.6 Å². The summed E-state index contributed by atoms with van der Waals surface area (Å²) in [6, 6.07) is 0. The summed E-state index contributed by atoms with van der Waals surface area (Å²) < 4.78 is 11.3. The van der Waals surface area contributed by atoms with Crippen molar-refractivity contribution in [1.29, 1.82) is 0 Å². The summed E-state index contributed by atoms with van der Waals surface area (Å²) in [6.07, 6.45) is 4.09. The lowest BCUT2D eigenvalue weighted by atomic mass is 9.60. The van der Waals surface area contributed by atoms with Crippen molar-refractivity contribution in [2.24, 2.45) is 23.2 Å². The maximum Gasteiger partial charge on any atom is 0.335 e. The molecule has 6 N–H and O–H groups in total. The molecule has 1 heterocycles. The first-order valence-electron chi connectivity index (χ1n) is 15.7. The molecule has 0 radical (unpaired) electrons. The molecule has 9 nitrogen and oxygen atoms in total. The van der Waals surface area contributed by atoms with Crippen LogP contribution in [0.1, 0.15) is 91.9 Å². The van der Waals surface area contributed by atoms with E-state index in [0.29, 0.717) is 30.6 Å². The van der Waals surface area contributed by atoms with Crippen molar-refractivity contribution in [3.05, 3.63) is 35.5 Å². The van der Waals surface area contributed by atoms with Crippen molar-refractivity contribution in [2.75, 3.05) is 0 Å². The molecule has 0 aromatic heterocycles. The molecule has 9 heteroatoms. The number of carbonyl (C=O) groups is 1. The summed E-state index contributed by atoms with van der Waals surface area (Å²) >= 11 is 0. The smallest absolute Gasteiger partial charge is 0.335 e. The first kappa shape index (κ1) is 33.3. The van der Waals surface area contributed by atoms with Crippen LogP contribution in [0.5, 0.6) is 0 Å². The zero-order chi connectivity index (χ0) is 31.0. The lowest BCUT2D eigenvalue weighted by Gasteiger charge is -2.45. The van der Waals surface area contributed by atoms with E-state index in [1.165, 1.54) is 5.57 Å². The fourth-order valence-corrected chi connectivity index (χ4v) is 8.14. The zero-order valence-electron chi connectivity index (χ0n) is 25.6. The van der Waals surface area contributed by atoms with Gasteiger partial charge in [0.15, 0.2) is 12.4 Å². The molecule has 42 heavy (non-hydrogen) atoms. The molecule has 0 spiro atoms. The number of hydrogen-bond acceptors (Lipinski definition) is 8. The molecule has 1 aliphatic heterocycles. The molecule has 11 atom stereocenters. The number of aliphatic hydroxyl groups excluding tert-OH is 4. The highest BCUT2D eigenvalue weighted by Crippen LogP contribution is 2.60. The number of carboxylic acids is 1. The Bertz CT molecular complexity index is 1040. The predicted octanol–water partition coefficient (Wildman–Crippen LogP) is 3.62. The molecule has 0 bridgehead atoms. The van der Waals surface area contributed by atoms with E-state index in [9.17, 15) is 35.4 Å². The average Bonchev–Trinajstić information content (AvgIpc) is 3.27. The standard InChI is InChI=1S/C33H52O9/c1-18-8-12-22(34)17-21(18)11-10-20-7-6-16-33(5)23(13-14-24(20)33)19(2)9-15-25(32(3,4)40)41-31-28(37)26(35)27(36)29(42-31)30(38)39/h10-11,19,22-29,31,34-37,40H,1,6-9,12-17H2,2-5H3,(H,38,39)/b20-10+,21-11-/t19-,22-,23-,24+,25-,26+,27+,28-,29+,31-,33-/m1/s1. The number of ether oxygens (including phenoxy) is 2. The quantitative estimate of drug-likeness (QED) is 0.235. The van der Waals surface area contributed by atoms with Crippen molar-refractivity contribution < 1.29 is 44.9 Å². The Hall–Kier alpha value is -1.59. The van der Waals surface area contributed by atoms with Crippen LogP contribution < -0.4 is 0 Å². The Kier molecular flexibility index (Phi) is 10.5. The van der Waals surface area contributed by atoms with E-state index in [1.807, 2.05) is 0 Å². The van der Waals surface area contributed by atoms with Gasteiger partial charge in [0.1, 0.15) is 18.3 Å². The third kappa shape index (κ3) is 7.04. The van der Waals surface area contributed by atoms with Crippen LogP contribution >= 0.6 is 0 Å². The van der Waals surface area contributed by atoms with Gasteiger partial charge in [0, 0.05) is 0 Å². The zero-order valence-corrected chi connectivity index (χ0v) is 25.6. The van der Waals surface area contributed by atoms with Gasteiger partial charge in [-0.3, -0.25) is 0 Å². The maximum atomic E-state index is 11.5. The largest absolute Gasteiger partial charge is 0.479 e. The molecular formula is C33H52O9. The van der Waals surface area contributed by atoms with E-state index in [4.69, 9.17) is 9.47 Å². The first-order valence-corrected chi connectivity index (χ1v) is 15.7. The second-order valence-electron chi connectivity index (χ2n) is 14.1. The van der Waals surface area contributed by atoms with E-state index in [-0.39, 0.29) is 11.5 Å². The lowest BCUT2D eigenvalue weighted by molar-refractivity contribution is -0.315. The number of aliphatic hydroxyl groups is 5. The monoisotopic (exact) mass is 592 g/mol. The molecule has 4 rings (SSSR count). The van der Waals surface area contributed by atoms with E-state index < -0.39 is 48.4 Å². The molecule has 1 saturated heterocycles. The molecule has 0 aromatic rings. The van der Waals surface area contributed by atoms with Gasteiger partial charge in [-0.1, -0.05) is 43.7 Å². The van der Waals surface area contributed by atoms with Gasteiger partial charge >= 0.3 is 5.97 Å². The topological polar surface area (TPSA) is 157 Å². The minimum absolute atomic E-state index is 0.161. The van der Waals surface area contributed by atoms with Crippen molar-refractivity contribution >= 4 is 5.97 Å². The second-order valence-corrected chi connectivity index (χ2v) is 14.1. The highest BCUT2D eigenvalue weighted by atomic mass is 16.7. The minimum Gasteiger partial charge on any atom is -0.479 e. The number of fused-ring (bicyclic) bond motifs is 1. The maximum absolute atomic E-state index is 11.5. The van der Waals surface area contributed by atoms with Crippen LogP contribution in [-0.4, -0.2) is 85.1 Å².